The van der Waals surface area contributed by atoms with Crippen LogP contribution in [0.4, 0.5) is 0 Å². The van der Waals surface area contributed by atoms with E-state index in [4.69, 9.17) is 4.74 Å². The van der Waals surface area contributed by atoms with Gasteiger partial charge in [-0.15, -0.1) is 0 Å². The molecule has 1 N–H and O–H groups in total. The molecule has 2 aliphatic rings. The van der Waals surface area contributed by atoms with Gasteiger partial charge in [0.15, 0.2) is 0 Å². The van der Waals surface area contributed by atoms with Crippen molar-refractivity contribution in [2.45, 2.75) is 51.2 Å². The lowest BCUT2D eigenvalue weighted by atomic mass is 9.89. The van der Waals surface area contributed by atoms with Gasteiger partial charge in [0.1, 0.15) is 11.6 Å². The number of rotatable bonds is 4. The molecule has 3 unspecified atom stereocenters. The average molecular weight is 254 g/mol. The number of methoxy groups -OCH3 is 1. The van der Waals surface area contributed by atoms with Gasteiger partial charge in [0.2, 0.25) is 11.8 Å². The minimum atomic E-state index is -0.717. The summed E-state index contributed by atoms with van der Waals surface area (Å²) in [5, 5.41) is 2.91. The van der Waals surface area contributed by atoms with Gasteiger partial charge in [0, 0.05) is 7.11 Å². The van der Waals surface area contributed by atoms with Crippen LogP contribution in [0.15, 0.2) is 0 Å². The van der Waals surface area contributed by atoms with Gasteiger partial charge in [0.25, 0.3) is 0 Å². The van der Waals surface area contributed by atoms with Crippen molar-refractivity contribution in [2.75, 3.05) is 13.7 Å². The number of nitrogens with zero attached hydrogens (tertiary/aromatic N) is 1. The average Bonchev–Trinajstić information content (AvgIpc) is 3.11. The molecule has 1 heterocycles. The third-order valence-corrected chi connectivity index (χ3v) is 4.13. The van der Waals surface area contributed by atoms with Crippen LogP contribution in [0.2, 0.25) is 0 Å². The minimum Gasteiger partial charge on any atom is -0.383 e. The Kier molecular flexibility index (Phi) is 3.36. The standard InChI is InChI=1S/C13H22N2O3/c1-8(7-18-4)15-9(2)11(16)14-13(3,12(15)17)10-5-6-10/h8-10H,5-7H2,1-4H3,(H,14,16). The number of nitrogens with one attached hydrogen (secondary N) is 1. The molecule has 5 heteroatoms. The second-order valence-electron chi connectivity index (χ2n) is 5.66. The molecule has 5 nitrogen and oxygen atoms in total. The molecular weight excluding hydrogens is 232 g/mol. The predicted octanol–water partition coefficient (Wildman–Crippen LogP) is 0.537. The van der Waals surface area contributed by atoms with E-state index in [1.165, 1.54) is 0 Å². The first-order chi connectivity index (χ1) is 8.41. The highest BCUT2D eigenvalue weighted by atomic mass is 16.5. The van der Waals surface area contributed by atoms with Crippen molar-refractivity contribution >= 4 is 11.8 Å². The largest absolute Gasteiger partial charge is 0.383 e. The molecule has 1 saturated heterocycles. The minimum absolute atomic E-state index is 0.0293. The van der Waals surface area contributed by atoms with Crippen LogP contribution < -0.4 is 5.32 Å². The van der Waals surface area contributed by atoms with E-state index >= 15 is 0 Å². The van der Waals surface area contributed by atoms with Gasteiger partial charge in [-0.2, -0.15) is 0 Å². The van der Waals surface area contributed by atoms with Crippen molar-refractivity contribution in [3.8, 4) is 0 Å². The molecule has 18 heavy (non-hydrogen) atoms. The first-order valence-corrected chi connectivity index (χ1v) is 6.55. The number of hydrogen-bond acceptors (Lipinski definition) is 3. The molecule has 0 aromatic rings. The molecule has 0 bridgehead atoms. The van der Waals surface area contributed by atoms with E-state index in [0.29, 0.717) is 12.5 Å². The monoisotopic (exact) mass is 254 g/mol. The van der Waals surface area contributed by atoms with E-state index in [1.54, 1.807) is 18.9 Å². The lowest BCUT2D eigenvalue weighted by Gasteiger charge is -2.46. The Labute approximate surface area is 108 Å². The zero-order valence-electron chi connectivity index (χ0n) is 11.5. The Morgan fingerprint density at radius 1 is 1.50 bits per heavy atom. The summed E-state index contributed by atoms with van der Waals surface area (Å²) >= 11 is 0. The number of carbonyl (C=O) groups is 2. The molecule has 1 saturated carbocycles. The molecule has 0 radical (unpaired) electrons. The second kappa shape index (κ2) is 4.53. The summed E-state index contributed by atoms with van der Waals surface area (Å²) in [5.74, 6) is 0.257. The predicted molar refractivity (Wildman–Crippen MR) is 66.9 cm³/mol. The highest BCUT2D eigenvalue weighted by molar-refractivity contribution is 6.00. The summed E-state index contributed by atoms with van der Waals surface area (Å²) < 4.78 is 5.11. The van der Waals surface area contributed by atoms with Crippen LogP contribution in [0, 0.1) is 5.92 Å². The van der Waals surface area contributed by atoms with Gasteiger partial charge in [-0.3, -0.25) is 9.59 Å². The van der Waals surface area contributed by atoms with Crippen LogP contribution in [0.25, 0.3) is 0 Å². The maximum atomic E-state index is 12.7. The van der Waals surface area contributed by atoms with E-state index in [1.807, 2.05) is 13.8 Å². The fourth-order valence-corrected chi connectivity index (χ4v) is 2.82. The van der Waals surface area contributed by atoms with Gasteiger partial charge >= 0.3 is 0 Å². The smallest absolute Gasteiger partial charge is 0.249 e. The van der Waals surface area contributed by atoms with Crippen molar-refractivity contribution in [1.29, 1.82) is 0 Å². The molecule has 0 aromatic heterocycles. The molecule has 1 aliphatic heterocycles. The highest BCUT2D eigenvalue weighted by Gasteiger charge is 2.55. The third-order valence-electron chi connectivity index (χ3n) is 4.13. The first-order valence-electron chi connectivity index (χ1n) is 6.55. The van der Waals surface area contributed by atoms with Crippen molar-refractivity contribution < 1.29 is 14.3 Å². The Morgan fingerprint density at radius 2 is 2.11 bits per heavy atom. The Bertz CT molecular complexity index is 367. The van der Waals surface area contributed by atoms with Crippen molar-refractivity contribution in [3.05, 3.63) is 0 Å². The van der Waals surface area contributed by atoms with E-state index in [-0.39, 0.29) is 17.9 Å². The van der Waals surface area contributed by atoms with E-state index in [9.17, 15) is 9.59 Å². The Morgan fingerprint density at radius 3 is 2.61 bits per heavy atom. The van der Waals surface area contributed by atoms with Crippen LogP contribution in [0.3, 0.4) is 0 Å². The van der Waals surface area contributed by atoms with Gasteiger partial charge < -0.3 is 15.0 Å². The van der Waals surface area contributed by atoms with Crippen molar-refractivity contribution in [1.82, 2.24) is 10.2 Å². The van der Waals surface area contributed by atoms with E-state index in [0.717, 1.165) is 12.8 Å². The number of ether oxygens (including phenoxy) is 1. The molecule has 2 amide bonds. The zero-order chi connectivity index (χ0) is 13.5. The third kappa shape index (κ3) is 2.00. The number of carbonyl (C=O) groups excluding carboxylic acids is 2. The van der Waals surface area contributed by atoms with Crippen LogP contribution in [-0.4, -0.2) is 48.1 Å². The van der Waals surface area contributed by atoms with Crippen LogP contribution in [-0.2, 0) is 14.3 Å². The van der Waals surface area contributed by atoms with Crippen LogP contribution in [0.1, 0.15) is 33.6 Å². The summed E-state index contributed by atoms with van der Waals surface area (Å²) in [4.78, 5) is 26.4. The summed E-state index contributed by atoms with van der Waals surface area (Å²) in [5.41, 5.74) is -0.717. The first kappa shape index (κ1) is 13.3. The van der Waals surface area contributed by atoms with Crippen LogP contribution in [0.5, 0.6) is 0 Å². The molecule has 2 rings (SSSR count). The fraction of sp³-hybridized carbons (Fsp3) is 0.846. The lowest BCUT2D eigenvalue weighted by molar-refractivity contribution is -0.158. The molecule has 3 atom stereocenters. The number of hydrogen-bond donors (Lipinski definition) is 1. The van der Waals surface area contributed by atoms with Gasteiger partial charge in [-0.1, -0.05) is 0 Å². The summed E-state index contributed by atoms with van der Waals surface area (Å²) in [6, 6.07) is -0.504. The summed E-state index contributed by atoms with van der Waals surface area (Å²) in [6.07, 6.45) is 2.03. The van der Waals surface area contributed by atoms with Gasteiger partial charge in [-0.25, -0.2) is 0 Å². The van der Waals surface area contributed by atoms with E-state index in [2.05, 4.69) is 5.32 Å². The lowest BCUT2D eigenvalue weighted by Crippen LogP contribution is -2.71. The quantitative estimate of drug-likeness (QED) is 0.796. The summed E-state index contributed by atoms with van der Waals surface area (Å²) in [7, 11) is 1.61. The molecule has 102 valence electrons. The number of amides is 2. The Hall–Kier alpha value is -1.10. The number of piperazine rings is 1. The maximum absolute atomic E-state index is 12.7. The Balaban J connectivity index is 2.25. The molecular formula is C13H22N2O3. The van der Waals surface area contributed by atoms with Crippen molar-refractivity contribution in [3.63, 3.8) is 0 Å². The molecule has 1 aliphatic carbocycles. The second-order valence-corrected chi connectivity index (χ2v) is 5.66. The topological polar surface area (TPSA) is 58.6 Å². The highest BCUT2D eigenvalue weighted by Crippen LogP contribution is 2.42. The fourth-order valence-electron chi connectivity index (χ4n) is 2.82. The van der Waals surface area contributed by atoms with E-state index < -0.39 is 11.6 Å². The normalized spacial score (nSPS) is 34.4. The summed E-state index contributed by atoms with van der Waals surface area (Å²) in [6.45, 7) is 5.99. The molecule has 2 fully saturated rings. The van der Waals surface area contributed by atoms with Gasteiger partial charge in [0.05, 0.1) is 12.6 Å². The SMILES string of the molecule is COCC(C)N1C(=O)C(C)(C2CC2)NC(=O)C1C. The van der Waals surface area contributed by atoms with Crippen LogP contribution >= 0.6 is 0 Å². The maximum Gasteiger partial charge on any atom is 0.249 e. The molecule has 0 spiro atoms. The molecule has 0 aromatic carbocycles. The van der Waals surface area contributed by atoms with Crippen molar-refractivity contribution in [2.24, 2.45) is 5.92 Å². The zero-order valence-corrected chi connectivity index (χ0v) is 11.5. The van der Waals surface area contributed by atoms with Gasteiger partial charge in [-0.05, 0) is 39.5 Å².